The first-order valence-electron chi connectivity index (χ1n) is 5.28. The summed E-state index contributed by atoms with van der Waals surface area (Å²) in [5.41, 5.74) is 6.43. The lowest BCUT2D eigenvalue weighted by molar-refractivity contribution is 0.133. The summed E-state index contributed by atoms with van der Waals surface area (Å²) in [5, 5.41) is 1.94. The number of aromatic nitrogens is 1. The molecule has 0 aliphatic carbocycles. The molecule has 84 valence electrons. The van der Waals surface area contributed by atoms with Crippen molar-refractivity contribution >= 4 is 16.5 Å². The number of hydrogen-bond acceptors (Lipinski definition) is 3. The molecule has 2 aromatic rings. The van der Waals surface area contributed by atoms with Crippen LogP contribution in [-0.2, 0) is 0 Å². The van der Waals surface area contributed by atoms with Gasteiger partial charge in [-0.3, -0.25) is 4.98 Å². The molecule has 1 aromatic heterocycles. The Kier molecular flexibility index (Phi) is 2.46. The van der Waals surface area contributed by atoms with E-state index in [0.717, 1.165) is 22.2 Å². The smallest absolute Gasteiger partial charge is 0.129 e. The number of nitrogen functional groups attached to an aromatic ring is 1. The minimum absolute atomic E-state index is 0.223. The highest BCUT2D eigenvalue weighted by Crippen LogP contribution is 2.31. The van der Waals surface area contributed by atoms with Crippen LogP contribution in [0.4, 0.5) is 5.69 Å². The van der Waals surface area contributed by atoms with Crippen molar-refractivity contribution in [1.29, 1.82) is 0 Å². The van der Waals surface area contributed by atoms with Gasteiger partial charge in [0.15, 0.2) is 0 Å². The first-order valence-corrected chi connectivity index (χ1v) is 5.28. The molecule has 0 aliphatic heterocycles. The maximum Gasteiger partial charge on any atom is 0.129 e. The molecule has 0 unspecified atom stereocenters. The van der Waals surface area contributed by atoms with Crippen LogP contribution in [0, 0.1) is 0 Å². The molecule has 0 radical (unpaired) electrons. The molecule has 3 heteroatoms. The standard InChI is InChI=1S/C13H16N2O/c1-13(2,3)16-12-5-4-11(14)9-6-7-15-8-10(9)12/h4-8H,14H2,1-3H3. The van der Waals surface area contributed by atoms with Crippen LogP contribution >= 0.6 is 0 Å². The van der Waals surface area contributed by atoms with Crippen LogP contribution in [0.15, 0.2) is 30.6 Å². The van der Waals surface area contributed by atoms with Crippen LogP contribution in [0.3, 0.4) is 0 Å². The topological polar surface area (TPSA) is 48.1 Å². The average Bonchev–Trinajstić information content (AvgIpc) is 2.21. The third-order valence-corrected chi connectivity index (χ3v) is 2.23. The van der Waals surface area contributed by atoms with Gasteiger partial charge in [-0.1, -0.05) is 0 Å². The Labute approximate surface area is 95.2 Å². The fourth-order valence-corrected chi connectivity index (χ4v) is 1.61. The van der Waals surface area contributed by atoms with Crippen molar-refractivity contribution in [1.82, 2.24) is 4.98 Å². The quantitative estimate of drug-likeness (QED) is 0.745. The highest BCUT2D eigenvalue weighted by atomic mass is 16.5. The molecule has 0 saturated heterocycles. The van der Waals surface area contributed by atoms with Crippen LogP contribution in [0.2, 0.25) is 0 Å². The molecule has 1 aromatic carbocycles. The molecule has 16 heavy (non-hydrogen) atoms. The van der Waals surface area contributed by atoms with E-state index < -0.39 is 0 Å². The number of nitrogens with two attached hydrogens (primary N) is 1. The molecule has 2 rings (SSSR count). The summed E-state index contributed by atoms with van der Waals surface area (Å²) in [6.45, 7) is 6.06. The Morgan fingerprint density at radius 1 is 1.12 bits per heavy atom. The zero-order valence-electron chi connectivity index (χ0n) is 9.82. The minimum Gasteiger partial charge on any atom is -0.487 e. The summed E-state index contributed by atoms with van der Waals surface area (Å²) in [6.07, 6.45) is 3.52. The first-order chi connectivity index (χ1) is 7.47. The van der Waals surface area contributed by atoms with Crippen molar-refractivity contribution < 1.29 is 4.74 Å². The molecule has 2 N–H and O–H groups in total. The van der Waals surface area contributed by atoms with E-state index >= 15 is 0 Å². The predicted molar refractivity (Wildman–Crippen MR) is 66.5 cm³/mol. The van der Waals surface area contributed by atoms with Gasteiger partial charge in [0.2, 0.25) is 0 Å². The summed E-state index contributed by atoms with van der Waals surface area (Å²) >= 11 is 0. The third kappa shape index (κ3) is 2.08. The van der Waals surface area contributed by atoms with E-state index in [1.807, 2.05) is 39.0 Å². The number of nitrogens with zero attached hydrogens (tertiary/aromatic N) is 1. The number of fused-ring (bicyclic) bond motifs is 1. The van der Waals surface area contributed by atoms with E-state index in [0.29, 0.717) is 0 Å². The maximum absolute atomic E-state index is 5.91. The second-order valence-electron chi connectivity index (χ2n) is 4.79. The SMILES string of the molecule is CC(C)(C)Oc1ccc(N)c2ccncc12. The van der Waals surface area contributed by atoms with Gasteiger partial charge in [0.1, 0.15) is 11.4 Å². The number of pyridine rings is 1. The van der Waals surface area contributed by atoms with Crippen molar-refractivity contribution in [3.8, 4) is 5.75 Å². The summed E-state index contributed by atoms with van der Waals surface area (Å²) < 4.78 is 5.87. The van der Waals surface area contributed by atoms with Crippen LogP contribution < -0.4 is 10.5 Å². The van der Waals surface area contributed by atoms with Gasteiger partial charge in [0, 0.05) is 28.9 Å². The number of anilines is 1. The lowest BCUT2D eigenvalue weighted by atomic mass is 10.1. The average molecular weight is 216 g/mol. The first kappa shape index (κ1) is 10.7. The molecule has 0 fully saturated rings. The Balaban J connectivity index is 2.59. The van der Waals surface area contributed by atoms with Gasteiger partial charge < -0.3 is 10.5 Å². The Hall–Kier alpha value is -1.77. The molecule has 0 amide bonds. The van der Waals surface area contributed by atoms with Crippen molar-refractivity contribution in [3.05, 3.63) is 30.6 Å². The zero-order valence-corrected chi connectivity index (χ0v) is 9.82. The lowest BCUT2D eigenvalue weighted by Gasteiger charge is -2.22. The van der Waals surface area contributed by atoms with Gasteiger partial charge in [-0.05, 0) is 39.0 Å². The van der Waals surface area contributed by atoms with Crippen molar-refractivity contribution in [2.45, 2.75) is 26.4 Å². The molecule has 1 heterocycles. The van der Waals surface area contributed by atoms with E-state index in [1.54, 1.807) is 12.4 Å². The summed E-state index contributed by atoms with van der Waals surface area (Å²) in [6, 6.07) is 5.66. The largest absolute Gasteiger partial charge is 0.487 e. The number of rotatable bonds is 1. The molecule has 0 spiro atoms. The Bertz CT molecular complexity index is 515. The minimum atomic E-state index is -0.223. The molecule has 0 aliphatic rings. The van der Waals surface area contributed by atoms with Crippen LogP contribution in [0.5, 0.6) is 5.75 Å². The van der Waals surface area contributed by atoms with Gasteiger partial charge >= 0.3 is 0 Å². The van der Waals surface area contributed by atoms with Gasteiger partial charge in [0.05, 0.1) is 0 Å². The highest BCUT2D eigenvalue weighted by molar-refractivity contribution is 5.96. The fraction of sp³-hybridized carbons (Fsp3) is 0.308. The highest BCUT2D eigenvalue weighted by Gasteiger charge is 2.14. The maximum atomic E-state index is 5.91. The van der Waals surface area contributed by atoms with E-state index in [9.17, 15) is 0 Å². The molecule has 0 saturated carbocycles. The normalized spacial score (nSPS) is 11.7. The molecular weight excluding hydrogens is 200 g/mol. The van der Waals surface area contributed by atoms with E-state index in [1.165, 1.54) is 0 Å². The number of hydrogen-bond donors (Lipinski definition) is 1. The van der Waals surface area contributed by atoms with Crippen molar-refractivity contribution in [2.24, 2.45) is 0 Å². The number of ether oxygens (including phenoxy) is 1. The van der Waals surface area contributed by atoms with Crippen LogP contribution in [0.1, 0.15) is 20.8 Å². The van der Waals surface area contributed by atoms with E-state index in [4.69, 9.17) is 10.5 Å². The molecule has 0 atom stereocenters. The summed E-state index contributed by atoms with van der Waals surface area (Å²) in [4.78, 5) is 4.11. The predicted octanol–water partition coefficient (Wildman–Crippen LogP) is 2.99. The summed E-state index contributed by atoms with van der Waals surface area (Å²) in [5.74, 6) is 0.824. The van der Waals surface area contributed by atoms with Crippen LogP contribution in [-0.4, -0.2) is 10.6 Å². The second kappa shape index (κ2) is 3.67. The van der Waals surface area contributed by atoms with Crippen LogP contribution in [0.25, 0.3) is 10.8 Å². The van der Waals surface area contributed by atoms with Crippen molar-refractivity contribution in [3.63, 3.8) is 0 Å². The van der Waals surface area contributed by atoms with Gasteiger partial charge in [0.25, 0.3) is 0 Å². The van der Waals surface area contributed by atoms with E-state index in [-0.39, 0.29) is 5.60 Å². The molecule has 0 bridgehead atoms. The monoisotopic (exact) mass is 216 g/mol. The molecule has 3 nitrogen and oxygen atoms in total. The van der Waals surface area contributed by atoms with Gasteiger partial charge in [-0.25, -0.2) is 0 Å². The Morgan fingerprint density at radius 2 is 1.88 bits per heavy atom. The number of benzene rings is 1. The van der Waals surface area contributed by atoms with Gasteiger partial charge in [-0.15, -0.1) is 0 Å². The Morgan fingerprint density at radius 3 is 2.56 bits per heavy atom. The fourth-order valence-electron chi connectivity index (χ4n) is 1.61. The zero-order chi connectivity index (χ0) is 11.8. The third-order valence-electron chi connectivity index (χ3n) is 2.23. The van der Waals surface area contributed by atoms with Gasteiger partial charge in [-0.2, -0.15) is 0 Å². The van der Waals surface area contributed by atoms with Crippen molar-refractivity contribution in [2.75, 3.05) is 5.73 Å². The molecular formula is C13H16N2O. The lowest BCUT2D eigenvalue weighted by Crippen LogP contribution is -2.23. The second-order valence-corrected chi connectivity index (χ2v) is 4.79. The van der Waals surface area contributed by atoms with E-state index in [2.05, 4.69) is 4.98 Å². The summed E-state index contributed by atoms with van der Waals surface area (Å²) in [7, 11) is 0.